The van der Waals surface area contributed by atoms with Crippen LogP contribution in [-0.2, 0) is 16.5 Å². The van der Waals surface area contributed by atoms with Crippen molar-refractivity contribution in [2.24, 2.45) is 0 Å². The Morgan fingerprint density at radius 1 is 1.24 bits per heavy atom. The second-order valence-corrected chi connectivity index (χ2v) is 7.94. The molecule has 25 heavy (non-hydrogen) atoms. The van der Waals surface area contributed by atoms with Crippen molar-refractivity contribution in [3.63, 3.8) is 0 Å². The average molecular weight is 384 g/mol. The molecule has 1 atom stereocenters. The first-order valence-corrected chi connectivity index (χ1v) is 9.89. The molecule has 6 nitrogen and oxygen atoms in total. The Labute approximate surface area is 151 Å². The summed E-state index contributed by atoms with van der Waals surface area (Å²) < 4.78 is 27.3. The molecule has 1 heterocycles. The van der Waals surface area contributed by atoms with Crippen LogP contribution in [-0.4, -0.2) is 38.0 Å². The van der Waals surface area contributed by atoms with E-state index in [-0.39, 0.29) is 28.2 Å². The highest BCUT2D eigenvalue weighted by Crippen LogP contribution is 2.42. The van der Waals surface area contributed by atoms with E-state index in [0.717, 1.165) is 22.9 Å². The maximum atomic E-state index is 11.2. The lowest BCUT2D eigenvalue weighted by Crippen LogP contribution is -2.20. The lowest BCUT2D eigenvalue weighted by molar-refractivity contribution is 0.402. The van der Waals surface area contributed by atoms with Gasteiger partial charge in [0.1, 0.15) is 5.75 Å². The maximum Gasteiger partial charge on any atom is 0.306 e. The number of phenolic OH excluding ortho intramolecular Hbond substituents is 2. The van der Waals surface area contributed by atoms with Gasteiger partial charge in [0.25, 0.3) is 0 Å². The van der Waals surface area contributed by atoms with E-state index in [2.05, 4.69) is 5.32 Å². The zero-order chi connectivity index (χ0) is 18.2. The Bertz CT molecular complexity index is 896. The van der Waals surface area contributed by atoms with Gasteiger partial charge in [0.2, 0.25) is 0 Å². The van der Waals surface area contributed by atoms with Gasteiger partial charge in [0, 0.05) is 12.5 Å². The predicted octanol–water partition coefficient (Wildman–Crippen LogP) is 2.37. The zero-order valence-electron chi connectivity index (χ0n) is 13.5. The monoisotopic (exact) mass is 383 g/mol. The summed E-state index contributed by atoms with van der Waals surface area (Å²) in [5.41, 5.74) is 2.54. The molecule has 0 amide bonds. The molecule has 1 aliphatic heterocycles. The molecule has 3 N–H and O–H groups in total. The molecule has 2 aromatic carbocycles. The van der Waals surface area contributed by atoms with Crippen molar-refractivity contribution >= 4 is 21.7 Å². The van der Waals surface area contributed by atoms with Crippen LogP contribution in [0.5, 0.6) is 17.2 Å². The van der Waals surface area contributed by atoms with Crippen molar-refractivity contribution in [2.45, 2.75) is 12.3 Å². The summed E-state index contributed by atoms with van der Waals surface area (Å²) >= 11 is 6.22. The Morgan fingerprint density at radius 2 is 1.92 bits per heavy atom. The van der Waals surface area contributed by atoms with Crippen molar-refractivity contribution < 1.29 is 22.8 Å². The van der Waals surface area contributed by atoms with Crippen molar-refractivity contribution in [1.29, 1.82) is 0 Å². The minimum Gasteiger partial charge on any atom is -0.504 e. The predicted molar refractivity (Wildman–Crippen MR) is 95.1 cm³/mol. The average Bonchev–Trinajstić information content (AvgIpc) is 2.75. The number of fused-ring (bicyclic) bond motifs is 1. The van der Waals surface area contributed by atoms with Gasteiger partial charge in [0.15, 0.2) is 11.5 Å². The van der Waals surface area contributed by atoms with Gasteiger partial charge >= 0.3 is 10.1 Å². The van der Waals surface area contributed by atoms with Gasteiger partial charge in [0.05, 0.1) is 11.3 Å². The third-order valence-electron chi connectivity index (χ3n) is 4.16. The molecule has 2 aromatic rings. The highest BCUT2D eigenvalue weighted by molar-refractivity contribution is 7.86. The van der Waals surface area contributed by atoms with Gasteiger partial charge in [-0.3, -0.25) is 0 Å². The summed E-state index contributed by atoms with van der Waals surface area (Å²) in [5, 5.41) is 23.3. The molecule has 134 valence electrons. The number of hydrogen-bond donors (Lipinski definition) is 3. The number of aromatic hydroxyl groups is 2. The number of phenols is 2. The van der Waals surface area contributed by atoms with Crippen LogP contribution >= 0.6 is 11.6 Å². The molecule has 0 aromatic heterocycles. The van der Waals surface area contributed by atoms with Gasteiger partial charge in [-0.1, -0.05) is 23.7 Å². The van der Waals surface area contributed by atoms with Gasteiger partial charge in [-0.05, 0) is 47.9 Å². The van der Waals surface area contributed by atoms with Crippen LogP contribution in [0.3, 0.4) is 0 Å². The molecule has 0 bridgehead atoms. The zero-order valence-corrected chi connectivity index (χ0v) is 15.1. The van der Waals surface area contributed by atoms with Crippen LogP contribution in [0, 0.1) is 0 Å². The summed E-state index contributed by atoms with van der Waals surface area (Å²) in [6, 6.07) is 8.26. The van der Waals surface area contributed by atoms with E-state index in [0.29, 0.717) is 19.5 Å². The Kier molecular flexibility index (Phi) is 4.81. The standard InChI is InChI=1S/C17H18ClNO5S/c1-25(22,23)24-11-4-2-10(3-5-11)14-9-19-7-6-12-13(14)8-15(20)17(21)16(12)18/h2-5,8,14,19-21H,6-7,9H2,1H3/t14-/m1/s1. The summed E-state index contributed by atoms with van der Waals surface area (Å²) in [6.45, 7) is 1.32. The number of hydrogen-bond acceptors (Lipinski definition) is 6. The molecule has 0 aliphatic carbocycles. The number of benzene rings is 2. The molecule has 0 saturated heterocycles. The molecule has 3 rings (SSSR count). The summed E-state index contributed by atoms with van der Waals surface area (Å²) in [6.07, 6.45) is 1.62. The Balaban J connectivity index is 2.01. The quantitative estimate of drug-likeness (QED) is 0.556. The van der Waals surface area contributed by atoms with E-state index in [1.807, 2.05) is 0 Å². The number of rotatable bonds is 3. The van der Waals surface area contributed by atoms with Crippen LogP contribution in [0.1, 0.15) is 22.6 Å². The fraction of sp³-hybridized carbons (Fsp3) is 0.294. The van der Waals surface area contributed by atoms with Crippen molar-refractivity contribution in [3.8, 4) is 17.2 Å². The highest BCUT2D eigenvalue weighted by Gasteiger charge is 2.25. The van der Waals surface area contributed by atoms with E-state index in [1.165, 1.54) is 6.07 Å². The van der Waals surface area contributed by atoms with E-state index in [9.17, 15) is 18.6 Å². The molecule has 1 aliphatic rings. The third-order valence-corrected chi connectivity index (χ3v) is 5.06. The second kappa shape index (κ2) is 6.74. The summed E-state index contributed by atoms with van der Waals surface area (Å²) in [5.74, 6) is -0.431. The van der Waals surface area contributed by atoms with E-state index in [1.54, 1.807) is 24.3 Å². The molecule has 0 radical (unpaired) electrons. The van der Waals surface area contributed by atoms with Crippen LogP contribution in [0.25, 0.3) is 0 Å². The van der Waals surface area contributed by atoms with Gasteiger partial charge in [-0.2, -0.15) is 8.42 Å². The second-order valence-electron chi connectivity index (χ2n) is 5.99. The van der Waals surface area contributed by atoms with E-state index >= 15 is 0 Å². The SMILES string of the molecule is CS(=O)(=O)Oc1ccc([C@H]2CNCCc3c2cc(O)c(O)c3Cl)cc1. The topological polar surface area (TPSA) is 95.9 Å². The van der Waals surface area contributed by atoms with Crippen molar-refractivity contribution in [3.05, 3.63) is 52.0 Å². The Morgan fingerprint density at radius 3 is 2.56 bits per heavy atom. The lowest BCUT2D eigenvalue weighted by Gasteiger charge is -2.20. The van der Waals surface area contributed by atoms with Gasteiger partial charge < -0.3 is 19.7 Å². The minimum absolute atomic E-state index is 0.103. The normalized spacial score (nSPS) is 17.6. The fourth-order valence-corrected chi connectivity index (χ4v) is 3.81. The number of halogens is 1. The lowest BCUT2D eigenvalue weighted by atomic mass is 9.87. The molecule has 8 heteroatoms. The largest absolute Gasteiger partial charge is 0.504 e. The first-order valence-electron chi connectivity index (χ1n) is 7.69. The molecule has 0 fully saturated rings. The van der Waals surface area contributed by atoms with Gasteiger partial charge in [-0.15, -0.1) is 0 Å². The van der Waals surface area contributed by atoms with Gasteiger partial charge in [-0.25, -0.2) is 0 Å². The minimum atomic E-state index is -3.58. The maximum absolute atomic E-state index is 11.2. The van der Waals surface area contributed by atoms with E-state index in [4.69, 9.17) is 15.8 Å². The van der Waals surface area contributed by atoms with Crippen molar-refractivity contribution in [1.82, 2.24) is 5.32 Å². The highest BCUT2D eigenvalue weighted by atomic mass is 35.5. The number of nitrogens with one attached hydrogen (secondary N) is 1. The van der Waals surface area contributed by atoms with Crippen LogP contribution in [0.4, 0.5) is 0 Å². The third kappa shape index (κ3) is 3.84. The Hall–Kier alpha value is -1.96. The fourth-order valence-electron chi connectivity index (χ4n) is 3.05. The van der Waals surface area contributed by atoms with E-state index < -0.39 is 10.1 Å². The molecule has 0 spiro atoms. The van der Waals surface area contributed by atoms with Crippen LogP contribution in [0.2, 0.25) is 5.02 Å². The smallest absolute Gasteiger partial charge is 0.306 e. The van der Waals surface area contributed by atoms with Crippen molar-refractivity contribution in [2.75, 3.05) is 19.3 Å². The first kappa shape index (κ1) is 17.8. The van der Waals surface area contributed by atoms with Crippen LogP contribution < -0.4 is 9.50 Å². The molecule has 0 saturated carbocycles. The first-order chi connectivity index (χ1) is 11.8. The van der Waals surface area contributed by atoms with Crippen LogP contribution in [0.15, 0.2) is 30.3 Å². The molecular weight excluding hydrogens is 366 g/mol. The summed E-state index contributed by atoms with van der Waals surface area (Å²) in [7, 11) is -3.58. The molecule has 0 unspecified atom stereocenters. The molecular formula is C17H18ClNO5S. The summed E-state index contributed by atoms with van der Waals surface area (Å²) in [4.78, 5) is 0.